The first-order valence-corrected chi connectivity index (χ1v) is 13.4. The number of pyridine rings is 1. The number of nitrogens with one attached hydrogen (secondary N) is 1. The number of para-hydroxylation sites is 1. The zero-order valence-corrected chi connectivity index (χ0v) is 20.2. The Hall–Kier alpha value is -3.08. The highest BCUT2D eigenvalue weighted by Gasteiger charge is 2.33. The van der Waals surface area contributed by atoms with E-state index in [9.17, 15) is 13.2 Å². The van der Waals surface area contributed by atoms with Crippen LogP contribution in [-0.4, -0.2) is 48.3 Å². The van der Waals surface area contributed by atoms with Crippen molar-refractivity contribution in [3.05, 3.63) is 54.7 Å². The molecule has 1 saturated heterocycles. The summed E-state index contributed by atoms with van der Waals surface area (Å²) in [5.74, 6) is 0.363. The van der Waals surface area contributed by atoms with E-state index in [1.807, 2.05) is 37.3 Å². The molecule has 0 radical (unpaired) electrons. The number of thiazole rings is 1. The van der Waals surface area contributed by atoms with Crippen LogP contribution < -0.4 is 10.1 Å². The minimum Gasteiger partial charge on any atom is -0.494 e. The molecule has 0 atom stereocenters. The van der Waals surface area contributed by atoms with Gasteiger partial charge in [0.05, 0.1) is 22.3 Å². The number of anilines is 1. The summed E-state index contributed by atoms with van der Waals surface area (Å²) < 4.78 is 34.5. The van der Waals surface area contributed by atoms with Crippen molar-refractivity contribution in [2.75, 3.05) is 25.0 Å². The lowest BCUT2D eigenvalue weighted by molar-refractivity contribution is -0.120. The summed E-state index contributed by atoms with van der Waals surface area (Å²) in [5, 5.41) is 4.22. The lowest BCUT2D eigenvalue weighted by Gasteiger charge is -2.30. The molecule has 1 aliphatic rings. The minimum absolute atomic E-state index is 0.132. The first-order valence-electron chi connectivity index (χ1n) is 11.1. The molecular formula is C24H24N4O4S2. The Labute approximate surface area is 201 Å². The topological polar surface area (TPSA) is 101 Å². The number of hydrogen-bond donors (Lipinski definition) is 1. The molecule has 176 valence electrons. The third-order valence-corrected chi connectivity index (χ3v) is 8.80. The molecule has 0 aliphatic carbocycles. The first-order chi connectivity index (χ1) is 16.5. The molecular weight excluding hydrogens is 472 g/mol. The summed E-state index contributed by atoms with van der Waals surface area (Å²) in [7, 11) is -3.71. The maximum atomic E-state index is 13.3. The summed E-state index contributed by atoms with van der Waals surface area (Å²) in [4.78, 5) is 21.8. The van der Waals surface area contributed by atoms with Gasteiger partial charge in [0.15, 0.2) is 5.13 Å². The van der Waals surface area contributed by atoms with Gasteiger partial charge in [-0.2, -0.15) is 4.31 Å². The number of fused-ring (bicyclic) bond motifs is 2. The van der Waals surface area contributed by atoms with Gasteiger partial charge in [0, 0.05) is 30.6 Å². The number of carbonyl (C=O) groups is 1. The molecule has 1 aliphatic heterocycles. The lowest BCUT2D eigenvalue weighted by Crippen LogP contribution is -2.41. The fraction of sp³-hybridized carbons (Fsp3) is 0.292. The highest BCUT2D eigenvalue weighted by molar-refractivity contribution is 7.89. The van der Waals surface area contributed by atoms with E-state index < -0.39 is 10.0 Å². The van der Waals surface area contributed by atoms with E-state index in [4.69, 9.17) is 4.74 Å². The molecule has 0 unspecified atom stereocenters. The van der Waals surface area contributed by atoms with Crippen molar-refractivity contribution >= 4 is 53.5 Å². The van der Waals surface area contributed by atoms with Crippen LogP contribution in [0.5, 0.6) is 5.75 Å². The van der Waals surface area contributed by atoms with Gasteiger partial charge in [0.1, 0.15) is 10.6 Å². The molecule has 4 aromatic rings. The van der Waals surface area contributed by atoms with Gasteiger partial charge in [0.25, 0.3) is 0 Å². The van der Waals surface area contributed by atoms with Crippen LogP contribution >= 0.6 is 11.3 Å². The van der Waals surface area contributed by atoms with Crippen LogP contribution in [0, 0.1) is 5.92 Å². The van der Waals surface area contributed by atoms with Gasteiger partial charge in [0.2, 0.25) is 15.9 Å². The van der Waals surface area contributed by atoms with Crippen LogP contribution in [0.15, 0.2) is 59.6 Å². The molecule has 1 amide bonds. The predicted molar refractivity (Wildman–Crippen MR) is 133 cm³/mol. The monoisotopic (exact) mass is 496 g/mol. The Balaban J connectivity index is 1.26. The second-order valence-corrected chi connectivity index (χ2v) is 11.0. The van der Waals surface area contributed by atoms with E-state index >= 15 is 0 Å². The van der Waals surface area contributed by atoms with E-state index in [0.29, 0.717) is 30.1 Å². The molecule has 2 aromatic heterocycles. The standard InChI is InChI=1S/C24H24N4O4S2/c1-2-32-18-8-9-19-20(15-18)33-24(26-19)27-23(29)17-10-13-28(14-11-17)34(30,31)21-7-3-5-16-6-4-12-25-22(16)21/h3-9,12,15,17H,2,10-11,13-14H2,1H3,(H,26,27,29). The molecule has 1 N–H and O–H groups in total. The van der Waals surface area contributed by atoms with E-state index in [0.717, 1.165) is 21.4 Å². The van der Waals surface area contributed by atoms with Crippen molar-refractivity contribution < 1.29 is 17.9 Å². The number of ether oxygens (including phenoxy) is 1. The van der Waals surface area contributed by atoms with Gasteiger partial charge in [-0.05, 0) is 50.1 Å². The molecule has 10 heteroatoms. The number of hydrogen-bond acceptors (Lipinski definition) is 7. The SMILES string of the molecule is CCOc1ccc2nc(NC(=O)C3CCN(S(=O)(=O)c4cccc5cccnc45)CC3)sc2c1. The molecule has 0 bridgehead atoms. The van der Waals surface area contributed by atoms with Crippen molar-refractivity contribution in [2.24, 2.45) is 5.92 Å². The normalized spacial score (nSPS) is 15.6. The average molecular weight is 497 g/mol. The maximum Gasteiger partial charge on any atom is 0.245 e. The molecule has 0 saturated carbocycles. The average Bonchev–Trinajstić information content (AvgIpc) is 3.25. The van der Waals surface area contributed by atoms with E-state index in [1.54, 1.807) is 24.4 Å². The Morgan fingerprint density at radius 2 is 1.97 bits per heavy atom. The second-order valence-electron chi connectivity index (χ2n) is 8.08. The van der Waals surface area contributed by atoms with Crippen LogP contribution in [0.2, 0.25) is 0 Å². The number of carbonyl (C=O) groups excluding carboxylic acids is 1. The maximum absolute atomic E-state index is 13.3. The summed E-state index contributed by atoms with van der Waals surface area (Å²) in [5.41, 5.74) is 1.27. The number of benzene rings is 2. The van der Waals surface area contributed by atoms with Crippen molar-refractivity contribution in [3.63, 3.8) is 0 Å². The number of amides is 1. The van der Waals surface area contributed by atoms with Gasteiger partial charge in [-0.15, -0.1) is 0 Å². The highest BCUT2D eigenvalue weighted by Crippen LogP contribution is 2.31. The van der Waals surface area contributed by atoms with Crippen LogP contribution in [0.4, 0.5) is 5.13 Å². The first kappa shape index (κ1) is 22.7. The summed E-state index contributed by atoms with van der Waals surface area (Å²) >= 11 is 1.40. The number of sulfonamides is 1. The van der Waals surface area contributed by atoms with E-state index in [1.165, 1.54) is 15.6 Å². The third kappa shape index (κ3) is 4.36. The van der Waals surface area contributed by atoms with Crippen LogP contribution in [0.1, 0.15) is 19.8 Å². The van der Waals surface area contributed by atoms with Crippen molar-refractivity contribution in [3.8, 4) is 5.75 Å². The van der Waals surface area contributed by atoms with Crippen LogP contribution in [-0.2, 0) is 14.8 Å². The zero-order chi connectivity index (χ0) is 23.7. The fourth-order valence-corrected chi connectivity index (χ4v) is 6.74. The second kappa shape index (κ2) is 9.28. The van der Waals surface area contributed by atoms with Gasteiger partial charge in [-0.1, -0.05) is 29.5 Å². The Bertz CT molecular complexity index is 1460. The smallest absolute Gasteiger partial charge is 0.245 e. The summed E-state index contributed by atoms with van der Waals surface area (Å²) in [6.45, 7) is 3.07. The van der Waals surface area contributed by atoms with E-state index in [2.05, 4.69) is 15.3 Å². The number of aromatic nitrogens is 2. The molecule has 2 aromatic carbocycles. The molecule has 3 heterocycles. The lowest BCUT2D eigenvalue weighted by atomic mass is 9.97. The molecule has 1 fully saturated rings. The fourth-order valence-electron chi connectivity index (χ4n) is 4.20. The Morgan fingerprint density at radius 3 is 2.76 bits per heavy atom. The highest BCUT2D eigenvalue weighted by atomic mass is 32.2. The number of piperidine rings is 1. The van der Waals surface area contributed by atoms with E-state index in [-0.39, 0.29) is 29.8 Å². The zero-order valence-electron chi connectivity index (χ0n) is 18.6. The van der Waals surface area contributed by atoms with Crippen molar-refractivity contribution in [2.45, 2.75) is 24.7 Å². The molecule has 8 nitrogen and oxygen atoms in total. The van der Waals surface area contributed by atoms with Gasteiger partial charge in [-0.3, -0.25) is 9.78 Å². The van der Waals surface area contributed by atoms with Gasteiger partial charge < -0.3 is 10.1 Å². The Kier molecular flexibility index (Phi) is 6.20. The van der Waals surface area contributed by atoms with Gasteiger partial charge >= 0.3 is 0 Å². The molecule has 34 heavy (non-hydrogen) atoms. The van der Waals surface area contributed by atoms with Crippen LogP contribution in [0.25, 0.3) is 21.1 Å². The number of rotatable bonds is 6. The van der Waals surface area contributed by atoms with Gasteiger partial charge in [-0.25, -0.2) is 13.4 Å². The Morgan fingerprint density at radius 1 is 1.18 bits per heavy atom. The predicted octanol–water partition coefficient (Wildman–Crippen LogP) is 4.28. The molecule has 0 spiro atoms. The van der Waals surface area contributed by atoms with Crippen molar-refractivity contribution in [1.82, 2.24) is 14.3 Å². The number of nitrogens with zero attached hydrogens (tertiary/aromatic N) is 3. The third-order valence-electron chi connectivity index (χ3n) is 5.94. The quantitative estimate of drug-likeness (QED) is 0.428. The summed E-state index contributed by atoms with van der Waals surface area (Å²) in [6.07, 6.45) is 2.49. The minimum atomic E-state index is -3.71. The van der Waals surface area contributed by atoms with Crippen molar-refractivity contribution in [1.29, 1.82) is 0 Å². The van der Waals surface area contributed by atoms with Crippen LogP contribution in [0.3, 0.4) is 0 Å². The summed E-state index contributed by atoms with van der Waals surface area (Å²) in [6, 6.07) is 14.4. The molecule has 5 rings (SSSR count). The largest absolute Gasteiger partial charge is 0.494 e.